The largest absolute Gasteiger partial charge is 0.462 e. The number of rotatable bonds is 4. The molecule has 1 aliphatic carbocycles. The summed E-state index contributed by atoms with van der Waals surface area (Å²) in [5.74, 6) is 0.899. The molecule has 3 heteroatoms. The zero-order chi connectivity index (χ0) is 12.8. The minimum Gasteiger partial charge on any atom is -0.462 e. The van der Waals surface area contributed by atoms with Crippen LogP contribution in [0.15, 0.2) is 42.5 Å². The van der Waals surface area contributed by atoms with Crippen LogP contribution in [0.5, 0.6) is 0 Å². The van der Waals surface area contributed by atoms with Gasteiger partial charge in [0.25, 0.3) is 0 Å². The van der Waals surface area contributed by atoms with Crippen molar-refractivity contribution in [2.24, 2.45) is 11.8 Å². The Labute approximate surface area is 122 Å². The lowest BCUT2D eigenvalue weighted by atomic mass is 9.85. The van der Waals surface area contributed by atoms with Crippen molar-refractivity contribution in [3.05, 3.63) is 48.0 Å². The summed E-state index contributed by atoms with van der Waals surface area (Å²) in [6.07, 6.45) is 6.56. The van der Waals surface area contributed by atoms with Gasteiger partial charge >= 0.3 is 5.97 Å². The number of ether oxygens (including phenoxy) is 1. The van der Waals surface area contributed by atoms with E-state index in [1.54, 1.807) is 12.1 Å². The lowest BCUT2D eigenvalue weighted by Gasteiger charge is -2.26. The zero-order valence-electron chi connectivity index (χ0n) is 10.2. The Hall–Kier alpha value is -0.840. The van der Waals surface area contributed by atoms with Gasteiger partial charge in [0.05, 0.1) is 12.2 Å². The van der Waals surface area contributed by atoms with E-state index in [0.29, 0.717) is 24.0 Å². The van der Waals surface area contributed by atoms with E-state index >= 15 is 0 Å². The highest BCUT2D eigenvalue weighted by molar-refractivity contribution is 14.1. The number of benzene rings is 1. The third kappa shape index (κ3) is 3.57. The van der Waals surface area contributed by atoms with Gasteiger partial charge in [-0.05, 0) is 30.9 Å². The Morgan fingerprint density at radius 1 is 1.17 bits per heavy atom. The van der Waals surface area contributed by atoms with Crippen LogP contribution in [0.3, 0.4) is 0 Å². The van der Waals surface area contributed by atoms with Crippen LogP contribution < -0.4 is 0 Å². The van der Waals surface area contributed by atoms with Gasteiger partial charge in [0.15, 0.2) is 0 Å². The maximum atomic E-state index is 11.8. The molecule has 0 N–H and O–H groups in total. The van der Waals surface area contributed by atoms with Gasteiger partial charge in [-0.25, -0.2) is 4.79 Å². The molecule has 0 saturated heterocycles. The standard InChI is InChI=1S/C15H17IO2/c16-10-13-8-4-5-9-14(13)11-18-15(17)12-6-2-1-3-7-12/h1-7,13-14H,8-11H2. The molecule has 0 amide bonds. The summed E-state index contributed by atoms with van der Waals surface area (Å²) < 4.78 is 6.54. The van der Waals surface area contributed by atoms with Crippen LogP contribution in [0.2, 0.25) is 0 Å². The first-order valence-corrected chi connectivity index (χ1v) is 7.77. The molecular formula is C15H17IO2. The summed E-state index contributed by atoms with van der Waals surface area (Å²) in [6, 6.07) is 9.19. The third-order valence-corrected chi connectivity index (χ3v) is 4.48. The number of hydrogen-bond acceptors (Lipinski definition) is 2. The average molecular weight is 356 g/mol. The summed E-state index contributed by atoms with van der Waals surface area (Å²) in [7, 11) is 0. The smallest absolute Gasteiger partial charge is 0.338 e. The summed E-state index contributed by atoms with van der Waals surface area (Å²) in [4.78, 5) is 11.8. The molecule has 2 unspecified atom stereocenters. The summed E-state index contributed by atoms with van der Waals surface area (Å²) in [6.45, 7) is 0.533. The van der Waals surface area contributed by atoms with Crippen LogP contribution >= 0.6 is 22.6 Å². The van der Waals surface area contributed by atoms with Gasteiger partial charge in [0.1, 0.15) is 0 Å². The van der Waals surface area contributed by atoms with Gasteiger partial charge in [-0.1, -0.05) is 52.9 Å². The molecule has 2 nitrogen and oxygen atoms in total. The fourth-order valence-electron chi connectivity index (χ4n) is 2.16. The molecule has 1 aromatic carbocycles. The second-order valence-electron chi connectivity index (χ2n) is 4.58. The van der Waals surface area contributed by atoms with Crippen molar-refractivity contribution in [1.29, 1.82) is 0 Å². The lowest BCUT2D eigenvalue weighted by molar-refractivity contribution is 0.0398. The second kappa shape index (κ2) is 6.92. The molecule has 0 heterocycles. The Kier molecular flexibility index (Phi) is 5.23. The van der Waals surface area contributed by atoms with Gasteiger partial charge < -0.3 is 4.74 Å². The summed E-state index contributed by atoms with van der Waals surface area (Å²) >= 11 is 2.42. The Bertz CT molecular complexity index is 414. The van der Waals surface area contributed by atoms with Crippen LogP contribution in [0.1, 0.15) is 23.2 Å². The first-order chi connectivity index (χ1) is 8.81. The van der Waals surface area contributed by atoms with Crippen LogP contribution in [0, 0.1) is 11.8 Å². The molecule has 2 atom stereocenters. The average Bonchev–Trinajstić information content (AvgIpc) is 2.46. The number of esters is 1. The maximum absolute atomic E-state index is 11.8. The highest BCUT2D eigenvalue weighted by Gasteiger charge is 2.23. The van der Waals surface area contributed by atoms with Gasteiger partial charge in [-0.15, -0.1) is 0 Å². The second-order valence-corrected chi connectivity index (χ2v) is 5.46. The molecule has 0 saturated carbocycles. The normalized spacial score (nSPS) is 22.7. The SMILES string of the molecule is O=C(OCC1CC=CCC1CI)c1ccccc1. The quantitative estimate of drug-likeness (QED) is 0.354. The van der Waals surface area contributed by atoms with E-state index < -0.39 is 0 Å². The molecule has 18 heavy (non-hydrogen) atoms. The fraction of sp³-hybridized carbons (Fsp3) is 0.400. The van der Waals surface area contributed by atoms with Gasteiger partial charge in [0, 0.05) is 10.3 Å². The summed E-state index contributed by atoms with van der Waals surface area (Å²) in [5.41, 5.74) is 0.634. The molecule has 0 bridgehead atoms. The summed E-state index contributed by atoms with van der Waals surface area (Å²) in [5, 5.41) is 0. The fourth-order valence-corrected chi connectivity index (χ4v) is 3.24. The van der Waals surface area contributed by atoms with E-state index in [-0.39, 0.29) is 5.97 Å². The topological polar surface area (TPSA) is 26.3 Å². The number of carbonyl (C=O) groups excluding carboxylic acids is 1. The molecule has 2 rings (SSSR count). The molecule has 0 aliphatic heterocycles. The van der Waals surface area contributed by atoms with Crippen molar-refractivity contribution in [1.82, 2.24) is 0 Å². The predicted molar refractivity (Wildman–Crippen MR) is 81.0 cm³/mol. The van der Waals surface area contributed by atoms with Crippen LogP contribution in [-0.2, 0) is 4.74 Å². The Balaban J connectivity index is 1.88. The van der Waals surface area contributed by atoms with Crippen LogP contribution in [0.25, 0.3) is 0 Å². The van der Waals surface area contributed by atoms with Crippen molar-refractivity contribution >= 4 is 28.6 Å². The molecule has 0 aromatic heterocycles. The minimum atomic E-state index is -0.211. The number of carbonyl (C=O) groups is 1. The van der Waals surface area contributed by atoms with E-state index in [1.165, 1.54) is 0 Å². The van der Waals surface area contributed by atoms with Crippen molar-refractivity contribution < 1.29 is 9.53 Å². The molecule has 1 aromatic rings. The first-order valence-electron chi connectivity index (χ1n) is 6.24. The molecule has 1 aliphatic rings. The molecular weight excluding hydrogens is 339 g/mol. The van der Waals surface area contributed by atoms with E-state index in [4.69, 9.17) is 4.74 Å². The molecule has 0 spiro atoms. The number of hydrogen-bond donors (Lipinski definition) is 0. The van der Waals surface area contributed by atoms with E-state index in [1.807, 2.05) is 18.2 Å². The van der Waals surface area contributed by atoms with Crippen LogP contribution in [0.4, 0.5) is 0 Å². The van der Waals surface area contributed by atoms with Crippen molar-refractivity contribution in [2.75, 3.05) is 11.0 Å². The highest BCUT2D eigenvalue weighted by Crippen LogP contribution is 2.27. The number of halogens is 1. The predicted octanol–water partition coefficient (Wildman–Crippen LogP) is 3.86. The minimum absolute atomic E-state index is 0.211. The van der Waals surface area contributed by atoms with Gasteiger partial charge in [-0.2, -0.15) is 0 Å². The van der Waals surface area contributed by atoms with Gasteiger partial charge in [0.2, 0.25) is 0 Å². The zero-order valence-corrected chi connectivity index (χ0v) is 12.4. The molecule has 0 radical (unpaired) electrons. The van der Waals surface area contributed by atoms with E-state index in [0.717, 1.165) is 17.3 Å². The number of allylic oxidation sites excluding steroid dienone is 2. The van der Waals surface area contributed by atoms with Crippen molar-refractivity contribution in [3.63, 3.8) is 0 Å². The monoisotopic (exact) mass is 356 g/mol. The van der Waals surface area contributed by atoms with Crippen LogP contribution in [-0.4, -0.2) is 17.0 Å². The van der Waals surface area contributed by atoms with E-state index in [2.05, 4.69) is 34.7 Å². The lowest BCUT2D eigenvalue weighted by Crippen LogP contribution is -2.24. The van der Waals surface area contributed by atoms with Gasteiger partial charge in [-0.3, -0.25) is 0 Å². The number of alkyl halides is 1. The Morgan fingerprint density at radius 3 is 2.50 bits per heavy atom. The maximum Gasteiger partial charge on any atom is 0.338 e. The molecule has 96 valence electrons. The van der Waals surface area contributed by atoms with Crippen molar-refractivity contribution in [2.45, 2.75) is 12.8 Å². The molecule has 0 fully saturated rings. The van der Waals surface area contributed by atoms with E-state index in [9.17, 15) is 4.79 Å². The van der Waals surface area contributed by atoms with Crippen molar-refractivity contribution in [3.8, 4) is 0 Å². The Morgan fingerprint density at radius 2 is 1.83 bits per heavy atom. The third-order valence-electron chi connectivity index (χ3n) is 3.35. The highest BCUT2D eigenvalue weighted by atomic mass is 127. The first kappa shape index (κ1) is 13.6.